The molecule has 1 aromatic rings. The number of likely N-dealkylation sites (N-methyl/N-ethyl adjacent to an activating group) is 1. The lowest BCUT2D eigenvalue weighted by atomic mass is 10.1. The minimum absolute atomic E-state index is 0.282. The largest absolute Gasteiger partial charge is 0.396 e. The zero-order valence-electron chi connectivity index (χ0n) is 11.3. The molecule has 1 N–H and O–H groups in total. The van der Waals surface area contributed by atoms with E-state index in [1.807, 2.05) is 0 Å². The number of hydrogen-bond acceptors (Lipinski definition) is 3. The summed E-state index contributed by atoms with van der Waals surface area (Å²) in [6.07, 6.45) is 2.09. The highest BCUT2D eigenvalue weighted by Crippen LogP contribution is 2.15. The molecule has 1 saturated heterocycles. The summed E-state index contributed by atoms with van der Waals surface area (Å²) >= 11 is 0. The van der Waals surface area contributed by atoms with E-state index < -0.39 is 0 Å². The number of aliphatic hydroxyl groups is 1. The van der Waals surface area contributed by atoms with Gasteiger partial charge in [-0.15, -0.1) is 0 Å². The standard InChI is InChI=1S/C15H24N2O/c1-16-9-5-10-17(15(13-16)8-11-18)12-14-6-3-2-4-7-14/h2-4,6-7,15,18H,5,8-13H2,1H3. The van der Waals surface area contributed by atoms with Gasteiger partial charge in [-0.25, -0.2) is 0 Å². The number of benzene rings is 1. The van der Waals surface area contributed by atoms with Crippen molar-refractivity contribution in [2.24, 2.45) is 0 Å². The molecule has 1 aromatic carbocycles. The Morgan fingerprint density at radius 2 is 2.00 bits per heavy atom. The second kappa shape index (κ2) is 6.88. The summed E-state index contributed by atoms with van der Waals surface area (Å²) in [5, 5.41) is 9.24. The van der Waals surface area contributed by atoms with Gasteiger partial charge in [0.05, 0.1) is 0 Å². The van der Waals surface area contributed by atoms with Crippen molar-refractivity contribution in [2.75, 3.05) is 33.3 Å². The van der Waals surface area contributed by atoms with Crippen LogP contribution in [0.1, 0.15) is 18.4 Å². The molecule has 0 radical (unpaired) electrons. The Bertz CT molecular complexity index is 342. The van der Waals surface area contributed by atoms with Crippen molar-refractivity contribution in [3.63, 3.8) is 0 Å². The normalized spacial score (nSPS) is 22.9. The van der Waals surface area contributed by atoms with E-state index in [-0.39, 0.29) is 6.61 Å². The molecule has 100 valence electrons. The van der Waals surface area contributed by atoms with Crippen molar-refractivity contribution >= 4 is 0 Å². The zero-order chi connectivity index (χ0) is 12.8. The van der Waals surface area contributed by atoms with Gasteiger partial charge < -0.3 is 10.0 Å². The summed E-state index contributed by atoms with van der Waals surface area (Å²) < 4.78 is 0. The van der Waals surface area contributed by atoms with E-state index >= 15 is 0 Å². The molecule has 1 unspecified atom stereocenters. The van der Waals surface area contributed by atoms with E-state index in [1.165, 1.54) is 12.0 Å². The van der Waals surface area contributed by atoms with Crippen molar-refractivity contribution in [3.8, 4) is 0 Å². The van der Waals surface area contributed by atoms with Crippen LogP contribution >= 0.6 is 0 Å². The highest BCUT2D eigenvalue weighted by molar-refractivity contribution is 5.14. The molecule has 0 aliphatic carbocycles. The maximum Gasteiger partial charge on any atom is 0.0446 e. The first kappa shape index (κ1) is 13.5. The molecule has 18 heavy (non-hydrogen) atoms. The minimum atomic E-state index is 0.282. The maximum absolute atomic E-state index is 9.24. The first-order valence-corrected chi connectivity index (χ1v) is 6.87. The highest BCUT2D eigenvalue weighted by Gasteiger charge is 2.22. The van der Waals surface area contributed by atoms with Crippen LogP contribution in [0.3, 0.4) is 0 Å². The SMILES string of the molecule is CN1CCCN(Cc2ccccc2)C(CCO)C1. The van der Waals surface area contributed by atoms with Gasteiger partial charge in [0.2, 0.25) is 0 Å². The van der Waals surface area contributed by atoms with E-state index in [9.17, 15) is 5.11 Å². The first-order valence-electron chi connectivity index (χ1n) is 6.87. The van der Waals surface area contributed by atoms with Gasteiger partial charge in [0.1, 0.15) is 0 Å². The molecule has 1 atom stereocenters. The summed E-state index contributed by atoms with van der Waals surface area (Å²) in [6, 6.07) is 11.1. The lowest BCUT2D eigenvalue weighted by molar-refractivity contribution is 0.144. The average Bonchev–Trinajstić information content (AvgIpc) is 2.54. The van der Waals surface area contributed by atoms with Crippen LogP contribution < -0.4 is 0 Å². The Balaban J connectivity index is 2.02. The first-order chi connectivity index (χ1) is 8.79. The molecule has 3 heteroatoms. The quantitative estimate of drug-likeness (QED) is 0.876. The lowest BCUT2D eigenvalue weighted by Gasteiger charge is -2.30. The smallest absolute Gasteiger partial charge is 0.0446 e. The summed E-state index contributed by atoms with van der Waals surface area (Å²) in [7, 11) is 2.18. The molecule has 1 aliphatic heterocycles. The summed E-state index contributed by atoms with van der Waals surface area (Å²) in [4.78, 5) is 4.90. The zero-order valence-corrected chi connectivity index (χ0v) is 11.3. The molecule has 0 aromatic heterocycles. The molecule has 3 nitrogen and oxygen atoms in total. The van der Waals surface area contributed by atoms with Gasteiger partial charge in [0, 0.05) is 32.3 Å². The van der Waals surface area contributed by atoms with Gasteiger partial charge in [-0.05, 0) is 32.0 Å². The summed E-state index contributed by atoms with van der Waals surface area (Å²) in [5.41, 5.74) is 1.37. The third kappa shape index (κ3) is 3.80. The lowest BCUT2D eigenvalue weighted by Crippen LogP contribution is -2.40. The second-order valence-electron chi connectivity index (χ2n) is 5.24. The van der Waals surface area contributed by atoms with Crippen LogP contribution in [0.2, 0.25) is 0 Å². The van der Waals surface area contributed by atoms with Gasteiger partial charge in [-0.1, -0.05) is 30.3 Å². The van der Waals surface area contributed by atoms with Gasteiger partial charge in [0.25, 0.3) is 0 Å². The van der Waals surface area contributed by atoms with Crippen LogP contribution in [0.5, 0.6) is 0 Å². The van der Waals surface area contributed by atoms with Gasteiger partial charge in [-0.2, -0.15) is 0 Å². The highest BCUT2D eigenvalue weighted by atomic mass is 16.3. The summed E-state index contributed by atoms with van der Waals surface area (Å²) in [6.45, 7) is 4.63. The van der Waals surface area contributed by atoms with Gasteiger partial charge >= 0.3 is 0 Å². The Hall–Kier alpha value is -0.900. The maximum atomic E-state index is 9.24. The molecule has 2 rings (SSSR count). The fourth-order valence-electron chi connectivity index (χ4n) is 2.74. The van der Waals surface area contributed by atoms with Crippen LogP contribution in [-0.4, -0.2) is 54.2 Å². The predicted molar refractivity (Wildman–Crippen MR) is 74.5 cm³/mol. The molecule has 0 amide bonds. The molecular weight excluding hydrogens is 224 g/mol. The Kier molecular flexibility index (Phi) is 5.17. The molecular formula is C15H24N2O. The Morgan fingerprint density at radius 1 is 1.22 bits per heavy atom. The fourth-order valence-corrected chi connectivity index (χ4v) is 2.74. The number of rotatable bonds is 4. The molecule has 1 aliphatic rings. The van der Waals surface area contributed by atoms with Crippen LogP contribution in [0, 0.1) is 0 Å². The van der Waals surface area contributed by atoms with Crippen molar-refractivity contribution in [1.82, 2.24) is 9.80 Å². The number of hydrogen-bond donors (Lipinski definition) is 1. The number of nitrogens with zero attached hydrogens (tertiary/aromatic N) is 2. The molecule has 0 spiro atoms. The van der Waals surface area contributed by atoms with E-state index in [0.29, 0.717) is 6.04 Å². The topological polar surface area (TPSA) is 26.7 Å². The number of aliphatic hydroxyl groups excluding tert-OH is 1. The van der Waals surface area contributed by atoms with Crippen molar-refractivity contribution < 1.29 is 5.11 Å². The average molecular weight is 248 g/mol. The van der Waals surface area contributed by atoms with Crippen molar-refractivity contribution in [2.45, 2.75) is 25.4 Å². The van der Waals surface area contributed by atoms with Crippen LogP contribution in [0.25, 0.3) is 0 Å². The molecule has 1 fully saturated rings. The van der Waals surface area contributed by atoms with E-state index in [4.69, 9.17) is 0 Å². The third-order valence-electron chi connectivity index (χ3n) is 3.71. The van der Waals surface area contributed by atoms with E-state index in [1.54, 1.807) is 0 Å². The predicted octanol–water partition coefficient (Wildman–Crippen LogP) is 1.58. The van der Waals surface area contributed by atoms with Gasteiger partial charge in [0.15, 0.2) is 0 Å². The van der Waals surface area contributed by atoms with E-state index in [2.05, 4.69) is 47.2 Å². The van der Waals surface area contributed by atoms with Crippen LogP contribution in [-0.2, 0) is 6.54 Å². The second-order valence-corrected chi connectivity index (χ2v) is 5.24. The fraction of sp³-hybridized carbons (Fsp3) is 0.600. The minimum Gasteiger partial charge on any atom is -0.396 e. The molecule has 1 heterocycles. The van der Waals surface area contributed by atoms with Crippen molar-refractivity contribution in [3.05, 3.63) is 35.9 Å². The van der Waals surface area contributed by atoms with Crippen LogP contribution in [0.15, 0.2) is 30.3 Å². The Morgan fingerprint density at radius 3 is 2.72 bits per heavy atom. The van der Waals surface area contributed by atoms with E-state index in [0.717, 1.165) is 32.6 Å². The van der Waals surface area contributed by atoms with Gasteiger partial charge in [-0.3, -0.25) is 4.90 Å². The molecule has 0 saturated carbocycles. The molecule has 0 bridgehead atoms. The third-order valence-corrected chi connectivity index (χ3v) is 3.71. The monoisotopic (exact) mass is 248 g/mol. The van der Waals surface area contributed by atoms with Crippen molar-refractivity contribution in [1.29, 1.82) is 0 Å². The Labute approximate surface area is 110 Å². The summed E-state index contributed by atoms with van der Waals surface area (Å²) in [5.74, 6) is 0. The van der Waals surface area contributed by atoms with Crippen LogP contribution in [0.4, 0.5) is 0 Å².